The zero-order chi connectivity index (χ0) is 46.6. The Hall–Kier alpha value is -7.76. The van der Waals surface area contributed by atoms with Crippen molar-refractivity contribution in [3.8, 4) is 28.7 Å². The molecule has 6 rings (SSSR count). The minimum Gasteiger partial charge on any atom is -0.504 e. The van der Waals surface area contributed by atoms with Gasteiger partial charge in [0.15, 0.2) is 28.9 Å². The van der Waals surface area contributed by atoms with Crippen LogP contribution in [0.4, 0.5) is 51.6 Å². The van der Waals surface area contributed by atoms with Crippen molar-refractivity contribution in [2.24, 2.45) is 0 Å². The number of aromatic hydroxyl groups is 3. The van der Waals surface area contributed by atoms with Crippen molar-refractivity contribution in [1.29, 1.82) is 0 Å². The molecule has 0 atom stereocenters. The molecule has 64 heavy (non-hydrogen) atoms. The van der Waals surface area contributed by atoms with Crippen molar-refractivity contribution in [3.63, 3.8) is 0 Å². The van der Waals surface area contributed by atoms with Gasteiger partial charge in [-0.1, -0.05) is 71.7 Å². The number of para-hydroxylation sites is 4. The van der Waals surface area contributed by atoms with Gasteiger partial charge in [0.2, 0.25) is 0 Å². The lowest BCUT2D eigenvalue weighted by Gasteiger charge is -2.12. The average Bonchev–Trinajstić information content (AvgIpc) is 3.27. The van der Waals surface area contributed by atoms with E-state index >= 15 is 0 Å². The number of urea groups is 3. The summed E-state index contributed by atoms with van der Waals surface area (Å²) in [6, 6.07) is 32.3. The average molecular weight is 920 g/mol. The van der Waals surface area contributed by atoms with E-state index in [1.165, 1.54) is 30.3 Å². The Morgan fingerprint density at radius 1 is 0.578 bits per heavy atom. The Morgan fingerprint density at radius 2 is 1.06 bits per heavy atom. The van der Waals surface area contributed by atoms with E-state index in [9.17, 15) is 43.3 Å². The van der Waals surface area contributed by atoms with Crippen molar-refractivity contribution in [1.82, 2.24) is 5.32 Å². The molecular formula is C45H42Cl2F2N6O9. The minimum atomic E-state index is -0.805. The van der Waals surface area contributed by atoms with E-state index in [-0.39, 0.29) is 40.8 Å². The van der Waals surface area contributed by atoms with Crippen LogP contribution in [-0.4, -0.2) is 52.5 Å². The molecule has 15 nitrogen and oxygen atoms in total. The highest BCUT2D eigenvalue weighted by molar-refractivity contribution is 6.37. The molecule has 0 aromatic heterocycles. The summed E-state index contributed by atoms with van der Waals surface area (Å²) in [5.74, 6) is -2.11. The molecule has 9 N–H and O–H groups in total. The maximum Gasteiger partial charge on any atom is 0.323 e. The first-order valence-corrected chi connectivity index (χ1v) is 19.8. The molecule has 0 bridgehead atoms. The number of halogens is 4. The van der Waals surface area contributed by atoms with Gasteiger partial charge in [-0.25, -0.2) is 23.2 Å². The largest absolute Gasteiger partial charge is 0.504 e. The Morgan fingerprint density at radius 3 is 1.59 bits per heavy atom. The number of ether oxygens (including phenoxy) is 2. The van der Waals surface area contributed by atoms with Gasteiger partial charge in [0, 0.05) is 22.9 Å². The lowest BCUT2D eigenvalue weighted by atomic mass is 10.2. The summed E-state index contributed by atoms with van der Waals surface area (Å²) >= 11 is 11.8. The van der Waals surface area contributed by atoms with Crippen LogP contribution in [-0.2, 0) is 9.53 Å². The van der Waals surface area contributed by atoms with Crippen molar-refractivity contribution in [2.45, 2.75) is 20.3 Å². The van der Waals surface area contributed by atoms with Crippen LogP contribution in [0, 0.1) is 18.6 Å². The van der Waals surface area contributed by atoms with Crippen LogP contribution in [0.5, 0.6) is 28.7 Å². The molecule has 0 spiro atoms. The number of esters is 1. The summed E-state index contributed by atoms with van der Waals surface area (Å²) in [6.45, 7) is 3.75. The second kappa shape index (κ2) is 24.6. The highest BCUT2D eigenvalue weighted by Crippen LogP contribution is 2.38. The first kappa shape index (κ1) is 48.9. The van der Waals surface area contributed by atoms with Gasteiger partial charge in [-0.2, -0.15) is 0 Å². The number of carbonyl (C=O) groups is 4. The third-order valence-corrected chi connectivity index (χ3v) is 9.04. The standard InChI is InChI=1S/C19H15FN2O3.C13H16Cl2N2O4.C13H11FN2O2/c20-16-7-4-8-17(18(16)23)22-19(24)21-13-9-11-15(12-10-13)25-14-5-2-1-3-6-14;1-3-21-10(18)4-5-16-13(20)17-9-6-8(14)7(2)11(15)12(9)19;14-10-7-4-8-11(12(10)17)16-13(18)15-9-5-2-1-3-6-9/h1-12,23H,(H2,21,22,24);6,19H,3-5H2,1-2H3,(H2,16,17,20);1-8,17H,(H2,15,16,18). The van der Waals surface area contributed by atoms with E-state index in [1.807, 2.05) is 36.4 Å². The Bertz CT molecular complexity index is 2520. The quantitative estimate of drug-likeness (QED) is 0.0445. The minimum absolute atomic E-state index is 0.0125. The second-order valence-corrected chi connectivity index (χ2v) is 13.7. The molecule has 0 saturated carbocycles. The van der Waals surface area contributed by atoms with Crippen LogP contribution in [0.3, 0.4) is 0 Å². The van der Waals surface area contributed by atoms with Crippen molar-refractivity contribution < 1.29 is 52.8 Å². The summed E-state index contributed by atoms with van der Waals surface area (Å²) in [5, 5.41) is 43.9. The molecule has 0 aliphatic carbocycles. The lowest BCUT2D eigenvalue weighted by molar-refractivity contribution is -0.142. The van der Waals surface area contributed by atoms with Gasteiger partial charge in [0.05, 0.1) is 35.1 Å². The number of carbonyl (C=O) groups excluding carboxylic acids is 4. The predicted molar refractivity (Wildman–Crippen MR) is 242 cm³/mol. The molecule has 6 aromatic rings. The van der Waals surface area contributed by atoms with Gasteiger partial charge >= 0.3 is 24.1 Å². The van der Waals surface area contributed by atoms with Crippen molar-refractivity contribution in [3.05, 3.63) is 155 Å². The first-order valence-electron chi connectivity index (χ1n) is 19.0. The van der Waals surface area contributed by atoms with Crippen LogP contribution in [0.15, 0.2) is 127 Å². The number of hydrogen-bond donors (Lipinski definition) is 9. The third kappa shape index (κ3) is 15.6. The number of hydrogen-bond acceptors (Lipinski definition) is 9. The SMILES string of the molecule is CCOC(=O)CCNC(=O)Nc1cc(Cl)c(C)c(Cl)c1O.O=C(Nc1ccc(Oc2ccccc2)cc1)Nc1cccc(F)c1O.O=C(Nc1ccccc1)Nc1cccc(F)c1O. The molecule has 0 heterocycles. The number of benzene rings is 6. The normalized spacial score (nSPS) is 10.0. The summed E-state index contributed by atoms with van der Waals surface area (Å²) < 4.78 is 36.7. The fraction of sp³-hybridized carbons (Fsp3) is 0.111. The Kier molecular flexibility index (Phi) is 18.8. The monoisotopic (exact) mass is 918 g/mol. The molecule has 6 amide bonds. The number of phenols is 3. The Balaban J connectivity index is 0.000000214. The maximum absolute atomic E-state index is 13.2. The summed E-state index contributed by atoms with van der Waals surface area (Å²) in [4.78, 5) is 46.3. The summed E-state index contributed by atoms with van der Waals surface area (Å²) in [5.41, 5.74) is 1.73. The van der Waals surface area contributed by atoms with Gasteiger partial charge in [-0.3, -0.25) is 4.79 Å². The zero-order valence-corrected chi connectivity index (χ0v) is 35.6. The highest BCUT2D eigenvalue weighted by Gasteiger charge is 2.15. The van der Waals surface area contributed by atoms with Crippen molar-refractivity contribution >= 4 is 75.7 Å². The molecule has 0 fully saturated rings. The summed E-state index contributed by atoms with van der Waals surface area (Å²) in [6.07, 6.45) is 0.0582. The number of phenolic OH excluding ortho intramolecular Hbond substituents is 3. The predicted octanol–water partition coefficient (Wildman–Crippen LogP) is 11.2. The topological polar surface area (TPSA) is 220 Å². The van der Waals surface area contributed by atoms with Crippen LogP contribution in [0.25, 0.3) is 0 Å². The van der Waals surface area contributed by atoms with E-state index in [2.05, 4.69) is 31.9 Å². The van der Waals surface area contributed by atoms with Crippen molar-refractivity contribution in [2.75, 3.05) is 39.7 Å². The van der Waals surface area contributed by atoms with Gasteiger partial charge < -0.3 is 56.7 Å². The van der Waals surface area contributed by atoms with Gasteiger partial charge in [0.1, 0.15) is 11.5 Å². The first-order chi connectivity index (χ1) is 30.6. The third-order valence-electron chi connectivity index (χ3n) is 8.18. The van der Waals surface area contributed by atoms with Gasteiger partial charge in [0.25, 0.3) is 0 Å². The van der Waals surface area contributed by atoms with Crippen LogP contribution < -0.4 is 36.6 Å². The van der Waals surface area contributed by atoms with E-state index in [0.717, 1.165) is 12.1 Å². The highest BCUT2D eigenvalue weighted by atomic mass is 35.5. The van der Waals surface area contributed by atoms with E-state index in [4.69, 9.17) is 32.7 Å². The van der Waals surface area contributed by atoms with E-state index in [1.54, 1.807) is 62.4 Å². The fourth-order valence-corrected chi connectivity index (χ4v) is 5.49. The molecule has 0 aliphatic rings. The molecule has 334 valence electrons. The number of anilines is 5. The molecule has 0 aliphatic heterocycles. The van der Waals surface area contributed by atoms with Crippen LogP contribution in [0.1, 0.15) is 18.9 Å². The zero-order valence-electron chi connectivity index (χ0n) is 34.0. The fourth-order valence-electron chi connectivity index (χ4n) is 5.03. The number of rotatable bonds is 11. The number of nitrogens with one attached hydrogen (secondary N) is 6. The van der Waals surface area contributed by atoms with E-state index < -0.39 is 47.2 Å². The molecular weight excluding hydrogens is 877 g/mol. The molecule has 19 heteroatoms. The molecule has 6 aromatic carbocycles. The maximum atomic E-state index is 13.2. The number of amides is 6. The Labute approximate surface area is 376 Å². The van der Waals surface area contributed by atoms with Crippen LogP contribution in [0.2, 0.25) is 10.0 Å². The molecule has 0 saturated heterocycles. The van der Waals surface area contributed by atoms with Gasteiger partial charge in [-0.05, 0) is 98.3 Å². The van der Waals surface area contributed by atoms with E-state index in [0.29, 0.717) is 40.1 Å². The van der Waals surface area contributed by atoms with Gasteiger partial charge in [-0.15, -0.1) is 0 Å². The second-order valence-electron chi connectivity index (χ2n) is 12.9. The lowest BCUT2D eigenvalue weighted by Crippen LogP contribution is -2.31. The summed E-state index contributed by atoms with van der Waals surface area (Å²) in [7, 11) is 0. The van der Waals surface area contributed by atoms with Crippen LogP contribution >= 0.6 is 23.2 Å². The molecule has 0 radical (unpaired) electrons. The molecule has 0 unspecified atom stereocenters. The smallest absolute Gasteiger partial charge is 0.323 e.